The molecule has 1 aliphatic rings. The van der Waals surface area contributed by atoms with E-state index in [0.717, 1.165) is 24.3 Å². The summed E-state index contributed by atoms with van der Waals surface area (Å²) in [5, 5.41) is 21.9. The number of carboxylic acid groups (broad SMARTS) is 1. The minimum Gasteiger partial charge on any atom is -0.481 e. The van der Waals surface area contributed by atoms with Gasteiger partial charge in [-0.2, -0.15) is 0 Å². The SMILES string of the molecule is O=C(O)C1CCN(C(=O)NCCS(=O)(=O)c2ccc([N+](=O)[O-])cc2)C1. The third-order valence-electron chi connectivity index (χ3n) is 3.88. The van der Waals surface area contributed by atoms with E-state index >= 15 is 0 Å². The van der Waals surface area contributed by atoms with Gasteiger partial charge in [-0.1, -0.05) is 0 Å². The van der Waals surface area contributed by atoms with Crippen molar-refractivity contribution in [3.8, 4) is 0 Å². The van der Waals surface area contributed by atoms with E-state index < -0.39 is 32.7 Å². The highest BCUT2D eigenvalue weighted by molar-refractivity contribution is 7.91. The Balaban J connectivity index is 1.87. The Labute approximate surface area is 143 Å². The molecule has 0 aliphatic carbocycles. The summed E-state index contributed by atoms with van der Waals surface area (Å²) >= 11 is 0. The first-order chi connectivity index (χ1) is 11.7. The van der Waals surface area contributed by atoms with Gasteiger partial charge in [0.2, 0.25) is 0 Å². The molecule has 0 aromatic heterocycles. The highest BCUT2D eigenvalue weighted by Crippen LogP contribution is 2.17. The molecule has 136 valence electrons. The van der Waals surface area contributed by atoms with Gasteiger partial charge in [0.25, 0.3) is 5.69 Å². The molecule has 2 N–H and O–H groups in total. The van der Waals surface area contributed by atoms with Crippen LogP contribution in [-0.4, -0.2) is 60.7 Å². The van der Waals surface area contributed by atoms with Gasteiger partial charge in [0.05, 0.1) is 21.5 Å². The maximum absolute atomic E-state index is 12.1. The fraction of sp³-hybridized carbons (Fsp3) is 0.429. The van der Waals surface area contributed by atoms with Crippen molar-refractivity contribution in [1.82, 2.24) is 10.2 Å². The van der Waals surface area contributed by atoms with Crippen LogP contribution in [0.2, 0.25) is 0 Å². The molecular formula is C14H17N3O7S. The molecule has 0 spiro atoms. The molecule has 11 heteroatoms. The highest BCUT2D eigenvalue weighted by Gasteiger charge is 2.30. The first kappa shape index (κ1) is 18.6. The summed E-state index contributed by atoms with van der Waals surface area (Å²) in [6.45, 7) is 0.251. The highest BCUT2D eigenvalue weighted by atomic mass is 32.2. The van der Waals surface area contributed by atoms with Crippen molar-refractivity contribution in [2.24, 2.45) is 5.92 Å². The minimum atomic E-state index is -3.70. The number of sulfone groups is 1. The number of carbonyl (C=O) groups excluding carboxylic acids is 1. The predicted molar refractivity (Wildman–Crippen MR) is 85.9 cm³/mol. The van der Waals surface area contributed by atoms with Crippen LogP contribution in [0, 0.1) is 16.0 Å². The third kappa shape index (κ3) is 4.66. The van der Waals surface area contributed by atoms with Crippen LogP contribution in [0.1, 0.15) is 6.42 Å². The standard InChI is InChI=1S/C14H17N3O7S/c18-13(19)10-5-7-16(9-10)14(20)15-6-8-25(23,24)12-3-1-11(2-4-12)17(21)22/h1-4,10H,5-9H2,(H,15,20)(H,18,19). The molecule has 1 saturated heterocycles. The summed E-state index contributed by atoms with van der Waals surface area (Å²) in [7, 11) is -3.70. The average molecular weight is 371 g/mol. The van der Waals surface area contributed by atoms with Crippen LogP contribution in [0.4, 0.5) is 10.5 Å². The van der Waals surface area contributed by atoms with E-state index in [4.69, 9.17) is 5.11 Å². The Morgan fingerprint density at radius 1 is 1.32 bits per heavy atom. The van der Waals surface area contributed by atoms with Crippen LogP contribution in [0.25, 0.3) is 0 Å². The van der Waals surface area contributed by atoms with Gasteiger partial charge in [-0.25, -0.2) is 13.2 Å². The lowest BCUT2D eigenvalue weighted by Crippen LogP contribution is -2.40. The number of aliphatic carboxylic acids is 1. The van der Waals surface area contributed by atoms with Gasteiger partial charge in [-0.3, -0.25) is 14.9 Å². The molecule has 1 aromatic rings. The average Bonchev–Trinajstić information content (AvgIpc) is 3.05. The second-order valence-corrected chi connectivity index (χ2v) is 7.68. The second kappa shape index (κ2) is 7.47. The zero-order valence-electron chi connectivity index (χ0n) is 13.1. The van der Waals surface area contributed by atoms with Crippen molar-refractivity contribution in [3.05, 3.63) is 34.4 Å². The van der Waals surface area contributed by atoms with Gasteiger partial charge >= 0.3 is 12.0 Å². The molecule has 1 heterocycles. The Morgan fingerprint density at radius 2 is 1.96 bits per heavy atom. The van der Waals surface area contributed by atoms with E-state index in [1.165, 1.54) is 4.90 Å². The molecule has 2 amide bonds. The normalized spacial score (nSPS) is 17.3. The molecule has 1 fully saturated rings. The fourth-order valence-electron chi connectivity index (χ4n) is 2.44. The maximum Gasteiger partial charge on any atom is 0.317 e. The lowest BCUT2D eigenvalue weighted by Gasteiger charge is -2.16. The topological polar surface area (TPSA) is 147 Å². The van der Waals surface area contributed by atoms with E-state index in [-0.39, 0.29) is 29.4 Å². The Kier molecular flexibility index (Phi) is 5.57. The van der Waals surface area contributed by atoms with Crippen molar-refractivity contribution < 1.29 is 28.0 Å². The van der Waals surface area contributed by atoms with Gasteiger partial charge in [0, 0.05) is 31.8 Å². The largest absolute Gasteiger partial charge is 0.481 e. The molecule has 1 atom stereocenters. The van der Waals surface area contributed by atoms with Gasteiger partial charge in [0.15, 0.2) is 9.84 Å². The van der Waals surface area contributed by atoms with Crippen molar-refractivity contribution in [3.63, 3.8) is 0 Å². The number of carboxylic acids is 1. The Morgan fingerprint density at radius 3 is 2.48 bits per heavy atom. The summed E-state index contributed by atoms with van der Waals surface area (Å²) in [5.74, 6) is -1.93. The zero-order valence-corrected chi connectivity index (χ0v) is 13.9. The molecule has 25 heavy (non-hydrogen) atoms. The zero-order chi connectivity index (χ0) is 18.6. The van der Waals surface area contributed by atoms with E-state index in [9.17, 15) is 28.1 Å². The number of amides is 2. The molecule has 1 unspecified atom stereocenters. The smallest absolute Gasteiger partial charge is 0.317 e. The molecule has 0 bridgehead atoms. The van der Waals surface area contributed by atoms with E-state index in [1.54, 1.807) is 0 Å². The number of nitro groups is 1. The van der Waals surface area contributed by atoms with Crippen molar-refractivity contribution in [1.29, 1.82) is 0 Å². The molecule has 0 radical (unpaired) electrons. The molecule has 1 aliphatic heterocycles. The van der Waals surface area contributed by atoms with Crippen LogP contribution in [-0.2, 0) is 14.6 Å². The summed E-state index contributed by atoms with van der Waals surface area (Å²) < 4.78 is 24.3. The van der Waals surface area contributed by atoms with Crippen molar-refractivity contribution in [2.75, 3.05) is 25.4 Å². The van der Waals surface area contributed by atoms with Gasteiger partial charge in [-0.05, 0) is 18.6 Å². The number of nitrogens with zero attached hydrogens (tertiary/aromatic N) is 2. The predicted octanol–water partition coefficient (Wildman–Crippen LogP) is 0.485. The van der Waals surface area contributed by atoms with Crippen molar-refractivity contribution >= 4 is 27.5 Å². The molecule has 1 aromatic carbocycles. The summed E-state index contributed by atoms with van der Waals surface area (Å²) in [4.78, 5) is 34.0. The lowest BCUT2D eigenvalue weighted by molar-refractivity contribution is -0.384. The van der Waals surface area contributed by atoms with Crippen LogP contribution in [0.15, 0.2) is 29.2 Å². The van der Waals surface area contributed by atoms with Crippen LogP contribution in [0.3, 0.4) is 0 Å². The number of rotatable bonds is 6. The number of likely N-dealkylation sites (tertiary alicyclic amines) is 1. The number of hydrogen-bond donors (Lipinski definition) is 2. The van der Waals surface area contributed by atoms with Crippen LogP contribution < -0.4 is 5.32 Å². The Bertz CT molecular complexity index is 776. The number of nitrogens with one attached hydrogen (secondary N) is 1. The number of nitro benzene ring substituents is 1. The molecule has 0 saturated carbocycles. The summed E-state index contributed by atoms with van der Waals surface area (Å²) in [5.41, 5.74) is -0.214. The van der Waals surface area contributed by atoms with Crippen LogP contribution in [0.5, 0.6) is 0 Å². The maximum atomic E-state index is 12.1. The molecule has 2 rings (SSSR count). The first-order valence-electron chi connectivity index (χ1n) is 7.43. The molecule has 10 nitrogen and oxygen atoms in total. The number of non-ortho nitro benzene ring substituents is 1. The number of urea groups is 1. The third-order valence-corrected chi connectivity index (χ3v) is 5.61. The Hall–Kier alpha value is -2.69. The number of benzene rings is 1. The molecular weight excluding hydrogens is 354 g/mol. The van der Waals surface area contributed by atoms with Gasteiger partial charge in [-0.15, -0.1) is 0 Å². The van der Waals surface area contributed by atoms with E-state index in [1.807, 2.05) is 0 Å². The second-order valence-electron chi connectivity index (χ2n) is 5.57. The monoisotopic (exact) mass is 371 g/mol. The van der Waals surface area contributed by atoms with Crippen LogP contribution >= 0.6 is 0 Å². The fourth-order valence-corrected chi connectivity index (χ4v) is 3.60. The summed E-state index contributed by atoms with van der Waals surface area (Å²) in [6.07, 6.45) is 0.365. The quantitative estimate of drug-likeness (QED) is 0.546. The van der Waals surface area contributed by atoms with E-state index in [0.29, 0.717) is 13.0 Å². The number of hydrogen-bond acceptors (Lipinski definition) is 6. The minimum absolute atomic E-state index is 0.0699. The lowest BCUT2D eigenvalue weighted by atomic mass is 10.1. The van der Waals surface area contributed by atoms with Gasteiger partial charge in [0.1, 0.15) is 0 Å². The van der Waals surface area contributed by atoms with E-state index in [2.05, 4.69) is 5.32 Å². The van der Waals surface area contributed by atoms with Crippen molar-refractivity contribution in [2.45, 2.75) is 11.3 Å². The number of carbonyl (C=O) groups is 2. The van der Waals surface area contributed by atoms with Gasteiger partial charge < -0.3 is 15.3 Å². The summed E-state index contributed by atoms with van der Waals surface area (Å²) in [6, 6.07) is 3.98. The first-order valence-corrected chi connectivity index (χ1v) is 9.09.